The van der Waals surface area contributed by atoms with Crippen LogP contribution < -0.4 is 10.6 Å². The highest BCUT2D eigenvalue weighted by Crippen LogP contribution is 2.19. The van der Waals surface area contributed by atoms with Gasteiger partial charge < -0.3 is 15.7 Å². The molecule has 106 valence electrons. The van der Waals surface area contributed by atoms with Crippen LogP contribution in [0.25, 0.3) is 0 Å². The largest absolute Gasteiger partial charge is 0.480 e. The van der Waals surface area contributed by atoms with Crippen LogP contribution in [0, 0.1) is 5.41 Å². The van der Waals surface area contributed by atoms with Gasteiger partial charge in [-0.15, -0.1) is 0 Å². The molecule has 18 heavy (non-hydrogen) atoms. The van der Waals surface area contributed by atoms with Gasteiger partial charge in [-0.05, 0) is 23.3 Å². The van der Waals surface area contributed by atoms with Gasteiger partial charge in [0, 0.05) is 6.54 Å². The number of thioether (sulfide) groups is 1. The lowest BCUT2D eigenvalue weighted by Crippen LogP contribution is -2.52. The van der Waals surface area contributed by atoms with E-state index >= 15 is 0 Å². The second-order valence-corrected chi connectivity index (χ2v) is 6.48. The Kier molecular flexibility index (Phi) is 7.82. The molecule has 0 aliphatic rings. The van der Waals surface area contributed by atoms with Gasteiger partial charge in [0.05, 0.1) is 0 Å². The van der Waals surface area contributed by atoms with Crippen molar-refractivity contribution >= 4 is 23.8 Å². The molecule has 3 N–H and O–H groups in total. The van der Waals surface area contributed by atoms with E-state index in [0.29, 0.717) is 6.54 Å². The minimum Gasteiger partial charge on any atom is -0.480 e. The van der Waals surface area contributed by atoms with Crippen LogP contribution in [0.5, 0.6) is 0 Å². The zero-order valence-electron chi connectivity index (χ0n) is 11.6. The van der Waals surface area contributed by atoms with Gasteiger partial charge in [0.1, 0.15) is 6.04 Å². The third-order valence-corrected chi connectivity index (χ3v) is 3.33. The Labute approximate surface area is 113 Å². The van der Waals surface area contributed by atoms with Gasteiger partial charge in [-0.1, -0.05) is 27.7 Å². The van der Waals surface area contributed by atoms with Crippen LogP contribution in [0.2, 0.25) is 0 Å². The summed E-state index contributed by atoms with van der Waals surface area (Å²) in [6.45, 7) is 8.00. The normalized spacial score (nSPS) is 12.9. The number of carboxylic acid groups (broad SMARTS) is 1. The molecule has 0 radical (unpaired) electrons. The molecule has 5 nitrogen and oxygen atoms in total. The molecule has 6 heteroatoms. The van der Waals surface area contributed by atoms with E-state index in [9.17, 15) is 9.59 Å². The van der Waals surface area contributed by atoms with Crippen molar-refractivity contribution in [2.75, 3.05) is 18.1 Å². The maximum absolute atomic E-state index is 11.5. The molecular formula is C12H24N2O3S. The molecule has 0 aromatic rings. The van der Waals surface area contributed by atoms with Crippen molar-refractivity contribution in [2.24, 2.45) is 5.41 Å². The summed E-state index contributed by atoms with van der Waals surface area (Å²) in [5, 5.41) is 14.2. The molecule has 0 fully saturated rings. The number of nitrogens with one attached hydrogen (secondary N) is 2. The Morgan fingerprint density at radius 3 is 2.39 bits per heavy atom. The van der Waals surface area contributed by atoms with E-state index in [1.807, 2.05) is 11.8 Å². The number of carbonyl (C=O) groups excluding carboxylic acids is 1. The van der Waals surface area contributed by atoms with E-state index < -0.39 is 23.5 Å². The van der Waals surface area contributed by atoms with Crippen molar-refractivity contribution in [2.45, 2.75) is 40.2 Å². The Bertz CT molecular complexity index is 277. The third-order valence-electron chi connectivity index (χ3n) is 2.34. The van der Waals surface area contributed by atoms with Crippen molar-refractivity contribution in [1.29, 1.82) is 0 Å². The number of carbonyl (C=O) groups is 2. The second-order valence-electron chi connectivity index (χ2n) is 5.09. The molecule has 0 saturated carbocycles. The number of aliphatic carboxylic acids is 1. The number of amides is 2. The van der Waals surface area contributed by atoms with Crippen LogP contribution in [-0.4, -0.2) is 41.2 Å². The minimum absolute atomic E-state index is 0.418. The molecular weight excluding hydrogens is 252 g/mol. The zero-order valence-corrected chi connectivity index (χ0v) is 12.4. The maximum Gasteiger partial charge on any atom is 0.326 e. The Morgan fingerprint density at radius 1 is 1.33 bits per heavy atom. The van der Waals surface area contributed by atoms with E-state index in [-0.39, 0.29) is 0 Å². The summed E-state index contributed by atoms with van der Waals surface area (Å²) in [4.78, 5) is 22.6. The summed E-state index contributed by atoms with van der Waals surface area (Å²) in [7, 11) is 0. The van der Waals surface area contributed by atoms with Crippen LogP contribution in [0.3, 0.4) is 0 Å². The summed E-state index contributed by atoms with van der Waals surface area (Å²) in [6.07, 6.45) is 0.888. The second kappa shape index (κ2) is 8.24. The van der Waals surface area contributed by atoms with Gasteiger partial charge in [-0.2, -0.15) is 11.8 Å². The average Bonchev–Trinajstić information content (AvgIpc) is 2.23. The molecule has 0 rings (SSSR count). The molecule has 1 unspecified atom stereocenters. The van der Waals surface area contributed by atoms with Crippen LogP contribution >= 0.6 is 11.8 Å². The Hall–Kier alpha value is -0.910. The molecule has 1 atom stereocenters. The van der Waals surface area contributed by atoms with Crippen LogP contribution in [0.4, 0.5) is 4.79 Å². The summed E-state index contributed by atoms with van der Waals surface area (Å²) in [6, 6.07) is -1.30. The lowest BCUT2D eigenvalue weighted by atomic mass is 9.87. The van der Waals surface area contributed by atoms with Crippen molar-refractivity contribution in [3.8, 4) is 0 Å². The first-order valence-corrected chi connectivity index (χ1v) is 7.29. The van der Waals surface area contributed by atoms with Crippen LogP contribution in [0.1, 0.15) is 34.1 Å². The van der Waals surface area contributed by atoms with Crippen molar-refractivity contribution < 1.29 is 14.7 Å². The van der Waals surface area contributed by atoms with Gasteiger partial charge in [0.15, 0.2) is 0 Å². The molecule has 0 saturated heterocycles. The monoisotopic (exact) mass is 276 g/mol. The topological polar surface area (TPSA) is 78.4 Å². The summed E-state index contributed by atoms with van der Waals surface area (Å²) in [5.41, 5.74) is -0.513. The summed E-state index contributed by atoms with van der Waals surface area (Å²) >= 11 is 1.82. The lowest BCUT2D eigenvalue weighted by Gasteiger charge is -2.27. The maximum atomic E-state index is 11.5. The van der Waals surface area contributed by atoms with E-state index in [2.05, 4.69) is 17.6 Å². The first-order valence-electron chi connectivity index (χ1n) is 6.14. The molecule has 0 aromatic carbocycles. The average molecular weight is 276 g/mol. The van der Waals surface area contributed by atoms with E-state index in [1.54, 1.807) is 20.8 Å². The smallest absolute Gasteiger partial charge is 0.326 e. The highest BCUT2D eigenvalue weighted by molar-refractivity contribution is 7.99. The standard InChI is InChI=1S/C12H24N2O3S/c1-5-18-8-6-7-13-11(17)14-9(10(15)16)12(2,3)4/h9H,5-8H2,1-4H3,(H,15,16)(H2,13,14,17). The molecule has 0 heterocycles. The number of hydrogen-bond donors (Lipinski definition) is 3. The van der Waals surface area contributed by atoms with Crippen molar-refractivity contribution in [1.82, 2.24) is 10.6 Å². The highest BCUT2D eigenvalue weighted by Gasteiger charge is 2.32. The third kappa shape index (κ3) is 7.42. The fourth-order valence-electron chi connectivity index (χ4n) is 1.35. The Morgan fingerprint density at radius 2 is 1.94 bits per heavy atom. The Balaban J connectivity index is 4.01. The van der Waals surface area contributed by atoms with Gasteiger partial charge in [0.2, 0.25) is 0 Å². The molecule has 0 bridgehead atoms. The highest BCUT2D eigenvalue weighted by atomic mass is 32.2. The molecule has 2 amide bonds. The summed E-state index contributed by atoms with van der Waals surface area (Å²) < 4.78 is 0. The first kappa shape index (κ1) is 17.1. The van der Waals surface area contributed by atoms with E-state index in [0.717, 1.165) is 17.9 Å². The predicted molar refractivity (Wildman–Crippen MR) is 75.0 cm³/mol. The number of urea groups is 1. The SMILES string of the molecule is CCSCCCNC(=O)NC(C(=O)O)C(C)(C)C. The van der Waals surface area contributed by atoms with Gasteiger partial charge in [-0.3, -0.25) is 0 Å². The number of rotatable bonds is 7. The van der Waals surface area contributed by atoms with Crippen molar-refractivity contribution in [3.05, 3.63) is 0 Å². The van der Waals surface area contributed by atoms with Gasteiger partial charge >= 0.3 is 12.0 Å². The van der Waals surface area contributed by atoms with Crippen molar-refractivity contribution in [3.63, 3.8) is 0 Å². The molecule has 0 aromatic heterocycles. The lowest BCUT2D eigenvalue weighted by molar-refractivity contribution is -0.141. The molecule has 0 aliphatic heterocycles. The van der Waals surface area contributed by atoms with E-state index in [4.69, 9.17) is 5.11 Å². The zero-order chi connectivity index (χ0) is 14.2. The summed E-state index contributed by atoms with van der Waals surface area (Å²) in [5.74, 6) is 1.05. The van der Waals surface area contributed by atoms with Gasteiger partial charge in [-0.25, -0.2) is 9.59 Å². The first-order chi connectivity index (χ1) is 8.29. The van der Waals surface area contributed by atoms with Crippen LogP contribution in [0.15, 0.2) is 0 Å². The van der Waals surface area contributed by atoms with Gasteiger partial charge in [0.25, 0.3) is 0 Å². The number of hydrogen-bond acceptors (Lipinski definition) is 3. The van der Waals surface area contributed by atoms with Crippen LogP contribution in [-0.2, 0) is 4.79 Å². The predicted octanol–water partition coefficient (Wildman–Crippen LogP) is 1.93. The minimum atomic E-state index is -1.01. The molecule has 0 aliphatic carbocycles. The number of carboxylic acids is 1. The van der Waals surface area contributed by atoms with E-state index in [1.165, 1.54) is 0 Å². The molecule has 0 spiro atoms. The fraction of sp³-hybridized carbons (Fsp3) is 0.833. The fourth-order valence-corrected chi connectivity index (χ4v) is 1.99. The quantitative estimate of drug-likeness (QED) is 0.621.